The van der Waals surface area contributed by atoms with Crippen LogP contribution < -0.4 is 9.47 Å². The lowest BCUT2D eigenvalue weighted by molar-refractivity contribution is -0.131. The first kappa shape index (κ1) is 24.7. The van der Waals surface area contributed by atoms with E-state index in [2.05, 4.69) is 10.2 Å². The fourth-order valence-electron chi connectivity index (χ4n) is 3.00. The van der Waals surface area contributed by atoms with Crippen molar-refractivity contribution >= 4 is 47.0 Å². The molecule has 0 bridgehead atoms. The molecule has 0 amide bonds. The number of halogens is 2. The standard InChI is InChI=1S/C25H18Cl2N2O5S/c1-32-21-11-8-18(27)13-20(21)23-28-29-25(34-23)35-22(24(30)31)12-15-4-9-19(10-5-15)33-14-16-2-6-17(26)7-3-16/h2-13H,14H2,1H3,(H,30,31)/b22-12-. The molecule has 0 atom stereocenters. The van der Waals surface area contributed by atoms with E-state index >= 15 is 0 Å². The lowest BCUT2D eigenvalue weighted by Crippen LogP contribution is -1.97. The first-order chi connectivity index (χ1) is 16.9. The van der Waals surface area contributed by atoms with Crippen LogP contribution >= 0.6 is 35.0 Å². The van der Waals surface area contributed by atoms with Gasteiger partial charge in [0.15, 0.2) is 0 Å². The van der Waals surface area contributed by atoms with E-state index in [4.69, 9.17) is 37.1 Å². The van der Waals surface area contributed by atoms with Crippen LogP contribution in [0.15, 0.2) is 81.3 Å². The van der Waals surface area contributed by atoms with E-state index < -0.39 is 5.97 Å². The van der Waals surface area contributed by atoms with Crippen LogP contribution in [0.1, 0.15) is 11.1 Å². The summed E-state index contributed by atoms with van der Waals surface area (Å²) in [6.07, 6.45) is 1.51. The second-order valence-corrected chi connectivity index (χ2v) is 8.98. The van der Waals surface area contributed by atoms with Crippen molar-refractivity contribution in [1.29, 1.82) is 0 Å². The number of carboxylic acid groups (broad SMARTS) is 1. The van der Waals surface area contributed by atoms with Crippen LogP contribution in [0.3, 0.4) is 0 Å². The summed E-state index contributed by atoms with van der Waals surface area (Å²) >= 11 is 12.8. The van der Waals surface area contributed by atoms with Crippen LogP contribution in [0, 0.1) is 0 Å². The lowest BCUT2D eigenvalue weighted by atomic mass is 10.2. The molecule has 0 aliphatic heterocycles. The number of nitrogens with zero attached hydrogens (tertiary/aromatic N) is 2. The number of hydrogen-bond acceptors (Lipinski definition) is 7. The van der Waals surface area contributed by atoms with E-state index in [0.717, 1.165) is 17.3 Å². The highest BCUT2D eigenvalue weighted by molar-refractivity contribution is 8.03. The SMILES string of the molecule is COc1ccc(Cl)cc1-c1nnc(S/C(=C\c2ccc(OCc3ccc(Cl)cc3)cc2)C(=O)O)o1. The van der Waals surface area contributed by atoms with E-state index in [1.807, 2.05) is 12.1 Å². The fourth-order valence-corrected chi connectivity index (χ4v) is 3.97. The van der Waals surface area contributed by atoms with Crippen molar-refractivity contribution in [3.8, 4) is 23.0 Å². The minimum atomic E-state index is -1.13. The zero-order chi connectivity index (χ0) is 24.8. The number of aliphatic carboxylic acids is 1. The van der Waals surface area contributed by atoms with E-state index in [-0.39, 0.29) is 16.0 Å². The Bertz CT molecular complexity index is 1360. The van der Waals surface area contributed by atoms with Crippen LogP contribution in [0.5, 0.6) is 11.5 Å². The minimum Gasteiger partial charge on any atom is -0.496 e. The van der Waals surface area contributed by atoms with Gasteiger partial charge in [0.1, 0.15) is 23.0 Å². The molecule has 0 fully saturated rings. The summed E-state index contributed by atoms with van der Waals surface area (Å²) in [5.74, 6) is 0.192. The van der Waals surface area contributed by atoms with E-state index in [1.54, 1.807) is 54.6 Å². The van der Waals surface area contributed by atoms with Gasteiger partial charge in [-0.05, 0) is 71.4 Å². The monoisotopic (exact) mass is 528 g/mol. The molecule has 1 aromatic heterocycles. The maximum Gasteiger partial charge on any atom is 0.342 e. The third-order valence-corrected chi connectivity index (χ3v) is 6.04. The molecule has 178 valence electrons. The number of benzene rings is 3. The molecule has 1 N–H and O–H groups in total. The molecule has 3 aromatic carbocycles. The van der Waals surface area contributed by atoms with Crippen molar-refractivity contribution in [2.24, 2.45) is 0 Å². The van der Waals surface area contributed by atoms with Gasteiger partial charge in [-0.3, -0.25) is 0 Å². The van der Waals surface area contributed by atoms with E-state index in [0.29, 0.717) is 39.3 Å². The second-order valence-electron chi connectivity index (χ2n) is 7.12. The summed E-state index contributed by atoms with van der Waals surface area (Å²) in [7, 11) is 1.51. The third kappa shape index (κ3) is 6.57. The Balaban J connectivity index is 1.46. The van der Waals surface area contributed by atoms with Crippen LogP contribution in [-0.2, 0) is 11.4 Å². The quantitative estimate of drug-likeness (QED) is 0.186. The van der Waals surface area contributed by atoms with Gasteiger partial charge in [-0.15, -0.1) is 10.2 Å². The van der Waals surface area contributed by atoms with Gasteiger partial charge in [-0.2, -0.15) is 0 Å². The van der Waals surface area contributed by atoms with E-state index in [1.165, 1.54) is 13.2 Å². The average molecular weight is 529 g/mol. The van der Waals surface area contributed by atoms with E-state index in [9.17, 15) is 9.90 Å². The second kappa shape index (κ2) is 11.3. The highest BCUT2D eigenvalue weighted by atomic mass is 35.5. The molecular weight excluding hydrogens is 511 g/mol. The van der Waals surface area contributed by atoms with Crippen LogP contribution in [0.4, 0.5) is 0 Å². The van der Waals surface area contributed by atoms with Crippen molar-refractivity contribution in [3.05, 3.63) is 92.8 Å². The molecule has 0 spiro atoms. The number of methoxy groups -OCH3 is 1. The zero-order valence-corrected chi connectivity index (χ0v) is 20.6. The van der Waals surface area contributed by atoms with Crippen molar-refractivity contribution in [1.82, 2.24) is 10.2 Å². The Morgan fingerprint density at radius 1 is 1.03 bits per heavy atom. The Kier molecular flexibility index (Phi) is 7.97. The van der Waals surface area contributed by atoms with Gasteiger partial charge in [-0.1, -0.05) is 47.5 Å². The molecule has 0 saturated heterocycles. The lowest BCUT2D eigenvalue weighted by Gasteiger charge is -2.07. The van der Waals surface area contributed by atoms with Gasteiger partial charge in [-0.25, -0.2) is 4.79 Å². The van der Waals surface area contributed by atoms with Gasteiger partial charge in [0, 0.05) is 10.0 Å². The predicted molar refractivity (Wildman–Crippen MR) is 135 cm³/mol. The smallest absolute Gasteiger partial charge is 0.342 e. The summed E-state index contributed by atoms with van der Waals surface area (Å²) < 4.78 is 16.7. The molecule has 0 aliphatic rings. The number of ether oxygens (including phenoxy) is 2. The number of aromatic nitrogens is 2. The molecule has 0 unspecified atom stereocenters. The highest BCUT2D eigenvalue weighted by Crippen LogP contribution is 2.35. The van der Waals surface area contributed by atoms with Gasteiger partial charge in [0.2, 0.25) is 0 Å². The molecule has 35 heavy (non-hydrogen) atoms. The number of thioether (sulfide) groups is 1. The van der Waals surface area contributed by atoms with Gasteiger partial charge < -0.3 is 19.0 Å². The zero-order valence-electron chi connectivity index (χ0n) is 18.3. The number of carboxylic acids is 1. The van der Waals surface area contributed by atoms with Gasteiger partial charge in [0.25, 0.3) is 11.1 Å². The molecule has 0 saturated carbocycles. The Hall–Kier alpha value is -3.46. The summed E-state index contributed by atoms with van der Waals surface area (Å²) in [5.41, 5.74) is 2.16. The fraction of sp³-hybridized carbons (Fsp3) is 0.0800. The minimum absolute atomic E-state index is 0.00749. The molecule has 7 nitrogen and oxygen atoms in total. The van der Waals surface area contributed by atoms with Crippen molar-refractivity contribution in [2.45, 2.75) is 11.8 Å². The maximum absolute atomic E-state index is 11.8. The normalized spacial score (nSPS) is 11.3. The Morgan fingerprint density at radius 3 is 2.43 bits per heavy atom. The van der Waals surface area contributed by atoms with Gasteiger partial charge in [0.05, 0.1) is 12.7 Å². The molecular formula is C25H18Cl2N2O5S. The van der Waals surface area contributed by atoms with Crippen molar-refractivity contribution in [2.75, 3.05) is 7.11 Å². The van der Waals surface area contributed by atoms with Crippen LogP contribution in [0.25, 0.3) is 17.5 Å². The predicted octanol–water partition coefficient (Wildman–Crippen LogP) is 6.85. The summed E-state index contributed by atoms with van der Waals surface area (Å²) in [6, 6.07) is 19.4. The summed E-state index contributed by atoms with van der Waals surface area (Å²) in [4.78, 5) is 11.8. The highest BCUT2D eigenvalue weighted by Gasteiger charge is 2.18. The number of hydrogen-bond donors (Lipinski definition) is 1. The van der Waals surface area contributed by atoms with Crippen molar-refractivity contribution < 1.29 is 23.8 Å². The Morgan fingerprint density at radius 2 is 1.74 bits per heavy atom. The average Bonchev–Trinajstić information content (AvgIpc) is 3.32. The number of carbonyl (C=O) groups is 1. The molecule has 4 rings (SSSR count). The summed E-state index contributed by atoms with van der Waals surface area (Å²) in [6.45, 7) is 0.388. The molecule has 1 heterocycles. The molecule has 4 aromatic rings. The first-order valence-electron chi connectivity index (χ1n) is 10.2. The van der Waals surface area contributed by atoms with Gasteiger partial charge >= 0.3 is 5.97 Å². The van der Waals surface area contributed by atoms with Crippen LogP contribution in [-0.4, -0.2) is 28.4 Å². The molecule has 0 radical (unpaired) electrons. The molecule has 10 heteroatoms. The summed E-state index contributed by atoms with van der Waals surface area (Å²) in [5, 5.41) is 18.8. The third-order valence-electron chi connectivity index (χ3n) is 4.70. The first-order valence-corrected chi connectivity index (χ1v) is 11.8. The topological polar surface area (TPSA) is 94.7 Å². The molecule has 0 aliphatic carbocycles. The largest absolute Gasteiger partial charge is 0.496 e. The maximum atomic E-state index is 11.8. The van der Waals surface area contributed by atoms with Crippen molar-refractivity contribution in [3.63, 3.8) is 0 Å². The number of rotatable bonds is 9. The van der Waals surface area contributed by atoms with Crippen LogP contribution in [0.2, 0.25) is 10.0 Å². The Labute approximate surface area is 215 Å².